The fourth-order valence-electron chi connectivity index (χ4n) is 1.46. The van der Waals surface area contributed by atoms with E-state index in [9.17, 15) is 0 Å². The second-order valence-electron chi connectivity index (χ2n) is 3.77. The lowest BCUT2D eigenvalue weighted by atomic mass is 10.1. The van der Waals surface area contributed by atoms with E-state index < -0.39 is 5.79 Å². The highest BCUT2D eigenvalue weighted by molar-refractivity contribution is 5.82. The van der Waals surface area contributed by atoms with Crippen LogP contribution in [-0.4, -0.2) is 17.0 Å². The Bertz CT molecular complexity index is 402. The minimum absolute atomic E-state index is 0.478. The molecule has 0 amide bonds. The maximum absolute atomic E-state index is 5.62. The topological polar surface area (TPSA) is 69.7 Å². The predicted octanol–water partition coefficient (Wildman–Crippen LogP) is 1.02. The van der Waals surface area contributed by atoms with Crippen LogP contribution < -0.4 is 10.6 Å². The van der Waals surface area contributed by atoms with Crippen LogP contribution >= 0.6 is 0 Å². The molecule has 0 aliphatic carbocycles. The molecule has 0 fully saturated rings. The summed E-state index contributed by atoms with van der Waals surface area (Å²) in [6.07, 6.45) is 4.89. The monoisotopic (exact) mass is 207 g/mol. The number of nitrogens with zero attached hydrogens (tertiary/aromatic N) is 2. The van der Waals surface area contributed by atoms with E-state index in [0.29, 0.717) is 6.61 Å². The Kier molecular flexibility index (Phi) is 2.32. The van der Waals surface area contributed by atoms with Crippen LogP contribution in [0.2, 0.25) is 0 Å². The molecule has 0 saturated heterocycles. The molecular formula is C10H13N3O2. The van der Waals surface area contributed by atoms with Gasteiger partial charge in [0.2, 0.25) is 5.79 Å². The summed E-state index contributed by atoms with van der Waals surface area (Å²) < 4.78 is 11.1. The molecule has 0 spiro atoms. The molecule has 0 atom stereocenters. The molecule has 2 N–H and O–H groups in total. The molecule has 80 valence electrons. The van der Waals surface area contributed by atoms with E-state index in [1.807, 2.05) is 13.8 Å². The molecule has 0 aromatic carbocycles. The van der Waals surface area contributed by atoms with Gasteiger partial charge in [-0.15, -0.1) is 0 Å². The largest absolute Gasteiger partial charge is 0.461 e. The first-order valence-corrected chi connectivity index (χ1v) is 4.65. The lowest BCUT2D eigenvalue weighted by molar-refractivity contribution is -0.180. The Balaban J connectivity index is 2.42. The van der Waals surface area contributed by atoms with E-state index in [2.05, 4.69) is 10.1 Å². The number of nitrogens with two attached hydrogens (primary N) is 1. The minimum Gasteiger partial charge on any atom is -0.461 e. The average Bonchev–Trinajstić information content (AvgIpc) is 2.16. The van der Waals surface area contributed by atoms with E-state index >= 15 is 0 Å². The number of aromatic nitrogens is 1. The van der Waals surface area contributed by atoms with Crippen molar-refractivity contribution in [2.45, 2.75) is 26.2 Å². The smallest absolute Gasteiger partial charge is 0.205 e. The molecule has 0 unspecified atom stereocenters. The van der Waals surface area contributed by atoms with Crippen molar-refractivity contribution in [3.63, 3.8) is 0 Å². The zero-order chi connectivity index (χ0) is 10.9. The summed E-state index contributed by atoms with van der Waals surface area (Å²) >= 11 is 0. The summed E-state index contributed by atoms with van der Waals surface area (Å²) in [5.41, 5.74) is 1.75. The highest BCUT2D eigenvalue weighted by Gasteiger charge is 2.28. The normalized spacial score (nSPS) is 18.5. The molecule has 5 heteroatoms. The van der Waals surface area contributed by atoms with Crippen molar-refractivity contribution in [3.8, 4) is 5.75 Å². The lowest BCUT2D eigenvalue weighted by Crippen LogP contribution is -2.35. The Morgan fingerprint density at radius 1 is 1.53 bits per heavy atom. The average molecular weight is 207 g/mol. The molecule has 1 aliphatic heterocycles. The van der Waals surface area contributed by atoms with Crippen LogP contribution in [-0.2, 0) is 11.3 Å². The van der Waals surface area contributed by atoms with Gasteiger partial charge in [-0.1, -0.05) is 0 Å². The molecule has 1 aromatic rings. The van der Waals surface area contributed by atoms with E-state index in [1.54, 1.807) is 12.4 Å². The van der Waals surface area contributed by atoms with Gasteiger partial charge < -0.3 is 15.3 Å². The van der Waals surface area contributed by atoms with Crippen molar-refractivity contribution in [2.75, 3.05) is 0 Å². The Labute approximate surface area is 87.9 Å². The van der Waals surface area contributed by atoms with Crippen LogP contribution in [0, 0.1) is 0 Å². The van der Waals surface area contributed by atoms with Crippen LogP contribution in [0.25, 0.3) is 0 Å². The highest BCUT2D eigenvalue weighted by Crippen LogP contribution is 2.31. The molecule has 1 aromatic heterocycles. The molecule has 0 bridgehead atoms. The standard InChI is InChI=1S/C10H13N3O2/c1-10(2)14-6-8-7(4-13-11)3-12-5-9(8)15-10/h3-5H,6,11H2,1-2H3/b13-4+. The number of rotatable bonds is 1. The molecule has 1 aliphatic rings. The number of hydrogen-bond acceptors (Lipinski definition) is 5. The number of hydrazone groups is 1. The number of hydrogen-bond donors (Lipinski definition) is 1. The summed E-state index contributed by atoms with van der Waals surface area (Å²) in [5.74, 6) is 5.23. The molecule has 15 heavy (non-hydrogen) atoms. The third kappa shape index (κ3) is 1.92. The maximum Gasteiger partial charge on any atom is 0.205 e. The molecular weight excluding hydrogens is 194 g/mol. The number of fused-ring (bicyclic) bond motifs is 1. The van der Waals surface area contributed by atoms with Gasteiger partial charge in [-0.25, -0.2) is 0 Å². The lowest BCUT2D eigenvalue weighted by Gasteiger charge is -2.32. The summed E-state index contributed by atoms with van der Waals surface area (Å²) in [4.78, 5) is 4.05. The van der Waals surface area contributed by atoms with Gasteiger partial charge in [0.15, 0.2) is 0 Å². The molecule has 2 heterocycles. The molecule has 0 saturated carbocycles. The fourth-order valence-corrected chi connectivity index (χ4v) is 1.46. The van der Waals surface area contributed by atoms with Crippen LogP contribution in [0.1, 0.15) is 25.0 Å². The molecule has 2 rings (SSSR count). The van der Waals surface area contributed by atoms with Crippen molar-refractivity contribution in [1.29, 1.82) is 0 Å². The quantitative estimate of drug-likeness (QED) is 0.424. The first-order chi connectivity index (χ1) is 7.12. The fraction of sp³-hybridized carbons (Fsp3) is 0.400. The van der Waals surface area contributed by atoms with Gasteiger partial charge in [0.05, 0.1) is 19.0 Å². The highest BCUT2D eigenvalue weighted by atomic mass is 16.7. The summed E-state index contributed by atoms with van der Waals surface area (Å²) in [7, 11) is 0. The Hall–Kier alpha value is -1.62. The van der Waals surface area contributed by atoms with Gasteiger partial charge in [0, 0.05) is 31.2 Å². The van der Waals surface area contributed by atoms with Gasteiger partial charge in [-0.3, -0.25) is 4.98 Å². The predicted molar refractivity (Wildman–Crippen MR) is 55.5 cm³/mol. The summed E-state index contributed by atoms with van der Waals surface area (Å²) in [5, 5.41) is 3.47. The van der Waals surface area contributed by atoms with Crippen molar-refractivity contribution >= 4 is 6.21 Å². The van der Waals surface area contributed by atoms with E-state index in [1.165, 1.54) is 6.21 Å². The van der Waals surface area contributed by atoms with Gasteiger partial charge >= 0.3 is 0 Å². The third-order valence-electron chi connectivity index (χ3n) is 2.18. The van der Waals surface area contributed by atoms with Crippen molar-refractivity contribution < 1.29 is 9.47 Å². The first-order valence-electron chi connectivity index (χ1n) is 4.65. The zero-order valence-electron chi connectivity index (χ0n) is 8.73. The minimum atomic E-state index is -0.604. The molecule has 0 radical (unpaired) electrons. The van der Waals surface area contributed by atoms with Crippen LogP contribution in [0.3, 0.4) is 0 Å². The Morgan fingerprint density at radius 2 is 2.33 bits per heavy atom. The zero-order valence-corrected chi connectivity index (χ0v) is 8.73. The third-order valence-corrected chi connectivity index (χ3v) is 2.18. The van der Waals surface area contributed by atoms with Gasteiger partial charge in [0.25, 0.3) is 0 Å². The van der Waals surface area contributed by atoms with Crippen LogP contribution in [0.4, 0.5) is 0 Å². The van der Waals surface area contributed by atoms with Crippen molar-refractivity contribution in [1.82, 2.24) is 4.98 Å². The van der Waals surface area contributed by atoms with Gasteiger partial charge in [-0.2, -0.15) is 5.10 Å². The maximum atomic E-state index is 5.62. The van der Waals surface area contributed by atoms with E-state index in [0.717, 1.165) is 16.9 Å². The Morgan fingerprint density at radius 3 is 3.07 bits per heavy atom. The van der Waals surface area contributed by atoms with Crippen molar-refractivity contribution in [2.24, 2.45) is 10.9 Å². The van der Waals surface area contributed by atoms with Gasteiger partial charge in [0.1, 0.15) is 5.75 Å². The first kappa shape index (κ1) is 9.92. The second kappa shape index (κ2) is 3.51. The second-order valence-corrected chi connectivity index (χ2v) is 3.77. The van der Waals surface area contributed by atoms with Crippen LogP contribution in [0.15, 0.2) is 17.5 Å². The van der Waals surface area contributed by atoms with Crippen LogP contribution in [0.5, 0.6) is 5.75 Å². The van der Waals surface area contributed by atoms with Crippen molar-refractivity contribution in [3.05, 3.63) is 23.5 Å². The van der Waals surface area contributed by atoms with Gasteiger partial charge in [-0.05, 0) is 0 Å². The van der Waals surface area contributed by atoms with E-state index in [-0.39, 0.29) is 0 Å². The summed E-state index contributed by atoms with van der Waals surface area (Å²) in [6.45, 7) is 4.20. The summed E-state index contributed by atoms with van der Waals surface area (Å²) in [6, 6.07) is 0. The van der Waals surface area contributed by atoms with E-state index in [4.69, 9.17) is 15.3 Å². The molecule has 5 nitrogen and oxygen atoms in total. The SMILES string of the molecule is CC1(C)OCc2c(/C=N/N)cncc2O1. The number of ether oxygens (including phenoxy) is 2. The number of pyridine rings is 1.